The van der Waals surface area contributed by atoms with Crippen LogP contribution in [0, 0.1) is 5.92 Å². The molecule has 1 heterocycles. The summed E-state index contributed by atoms with van der Waals surface area (Å²) in [7, 11) is 1.52. The summed E-state index contributed by atoms with van der Waals surface area (Å²) in [5.41, 5.74) is 8.67. The SMILES string of the molecule is COc1cccc(-c2c(CC(C)C)nn(NC(=O)O)c2C(=O)NNC(=O)c2ccccc2)c1. The van der Waals surface area contributed by atoms with Crippen LogP contribution in [-0.2, 0) is 6.42 Å². The van der Waals surface area contributed by atoms with Crippen molar-refractivity contribution in [3.8, 4) is 16.9 Å². The van der Waals surface area contributed by atoms with Crippen molar-refractivity contribution < 1.29 is 24.2 Å². The van der Waals surface area contributed by atoms with Crippen molar-refractivity contribution in [2.45, 2.75) is 20.3 Å². The van der Waals surface area contributed by atoms with Crippen LogP contribution in [0.5, 0.6) is 5.75 Å². The van der Waals surface area contributed by atoms with Gasteiger partial charge in [-0.05, 0) is 42.2 Å². The Morgan fingerprint density at radius 3 is 2.36 bits per heavy atom. The van der Waals surface area contributed by atoms with E-state index in [1.54, 1.807) is 54.6 Å². The molecule has 0 fully saturated rings. The first-order chi connectivity index (χ1) is 15.8. The number of methoxy groups -OCH3 is 1. The molecule has 3 aromatic rings. The molecule has 3 amide bonds. The summed E-state index contributed by atoms with van der Waals surface area (Å²) in [5, 5.41) is 13.6. The predicted octanol–water partition coefficient (Wildman–Crippen LogP) is 3.05. The lowest BCUT2D eigenvalue weighted by molar-refractivity contribution is 0.0842. The molecule has 4 N–H and O–H groups in total. The molecule has 0 spiro atoms. The Labute approximate surface area is 190 Å². The van der Waals surface area contributed by atoms with Crippen LogP contribution in [0.2, 0.25) is 0 Å². The summed E-state index contributed by atoms with van der Waals surface area (Å²) in [5.74, 6) is -0.526. The molecule has 33 heavy (non-hydrogen) atoms. The fourth-order valence-corrected chi connectivity index (χ4v) is 3.29. The molecule has 0 unspecified atom stereocenters. The van der Waals surface area contributed by atoms with Crippen LogP contribution in [0.15, 0.2) is 54.6 Å². The molecule has 0 radical (unpaired) electrons. The molecule has 0 saturated heterocycles. The molecule has 172 valence electrons. The number of carboxylic acid groups (broad SMARTS) is 1. The molecular formula is C23H25N5O5. The van der Waals surface area contributed by atoms with Crippen molar-refractivity contribution in [3.63, 3.8) is 0 Å². The van der Waals surface area contributed by atoms with Gasteiger partial charge >= 0.3 is 6.09 Å². The van der Waals surface area contributed by atoms with E-state index in [0.29, 0.717) is 34.6 Å². The Bertz CT molecular complexity index is 1160. The largest absolute Gasteiger partial charge is 0.497 e. The molecule has 0 aliphatic rings. The van der Waals surface area contributed by atoms with Gasteiger partial charge in [-0.2, -0.15) is 9.89 Å². The fraction of sp³-hybridized carbons (Fsp3) is 0.217. The number of nitrogens with zero attached hydrogens (tertiary/aromatic N) is 2. The van der Waals surface area contributed by atoms with Crippen molar-refractivity contribution in [1.82, 2.24) is 20.7 Å². The molecular weight excluding hydrogens is 426 g/mol. The maximum atomic E-state index is 13.2. The van der Waals surface area contributed by atoms with Gasteiger partial charge in [0.05, 0.1) is 12.8 Å². The maximum Gasteiger partial charge on any atom is 0.425 e. The van der Waals surface area contributed by atoms with E-state index in [1.165, 1.54) is 7.11 Å². The second-order valence-corrected chi connectivity index (χ2v) is 7.60. The van der Waals surface area contributed by atoms with Gasteiger partial charge in [0, 0.05) is 11.1 Å². The lowest BCUT2D eigenvalue weighted by Gasteiger charge is -2.12. The van der Waals surface area contributed by atoms with Gasteiger partial charge in [0.1, 0.15) is 5.75 Å². The van der Waals surface area contributed by atoms with E-state index < -0.39 is 17.9 Å². The maximum absolute atomic E-state index is 13.2. The van der Waals surface area contributed by atoms with Gasteiger partial charge in [-0.25, -0.2) is 10.2 Å². The smallest absolute Gasteiger partial charge is 0.425 e. The number of benzene rings is 2. The quantitative estimate of drug-likeness (QED) is 0.408. The Hall–Kier alpha value is -4.34. The van der Waals surface area contributed by atoms with Gasteiger partial charge in [0.2, 0.25) is 0 Å². The minimum Gasteiger partial charge on any atom is -0.497 e. The van der Waals surface area contributed by atoms with E-state index in [0.717, 1.165) is 4.79 Å². The number of nitrogens with one attached hydrogen (secondary N) is 3. The van der Waals surface area contributed by atoms with Gasteiger partial charge in [-0.3, -0.25) is 20.4 Å². The minimum absolute atomic E-state index is 0.0744. The van der Waals surface area contributed by atoms with Crippen LogP contribution in [0.4, 0.5) is 4.79 Å². The number of carbonyl (C=O) groups excluding carboxylic acids is 2. The van der Waals surface area contributed by atoms with E-state index in [1.807, 2.05) is 13.8 Å². The normalized spacial score (nSPS) is 10.5. The molecule has 0 aliphatic carbocycles. The minimum atomic E-state index is -1.40. The molecule has 10 heteroatoms. The molecule has 0 saturated carbocycles. The van der Waals surface area contributed by atoms with Crippen LogP contribution >= 0.6 is 0 Å². The number of aromatic nitrogens is 2. The average Bonchev–Trinajstić information content (AvgIpc) is 3.13. The summed E-state index contributed by atoms with van der Waals surface area (Å²) >= 11 is 0. The second-order valence-electron chi connectivity index (χ2n) is 7.60. The lowest BCUT2D eigenvalue weighted by atomic mass is 9.97. The number of hydrogen-bond donors (Lipinski definition) is 4. The first-order valence-corrected chi connectivity index (χ1v) is 10.2. The summed E-state index contributed by atoms with van der Waals surface area (Å²) in [6.07, 6.45) is -0.912. The second kappa shape index (κ2) is 10.3. The van der Waals surface area contributed by atoms with Crippen LogP contribution in [0.3, 0.4) is 0 Å². The summed E-state index contributed by atoms with van der Waals surface area (Å²) in [6.45, 7) is 3.97. The number of hydrazine groups is 1. The summed E-state index contributed by atoms with van der Waals surface area (Å²) < 4.78 is 5.30. The number of rotatable bonds is 7. The third-order valence-electron chi connectivity index (χ3n) is 4.66. The molecule has 3 rings (SSSR count). The van der Waals surface area contributed by atoms with Gasteiger partial charge in [0.15, 0.2) is 5.69 Å². The van der Waals surface area contributed by atoms with E-state index in [4.69, 9.17) is 4.74 Å². The zero-order valence-electron chi connectivity index (χ0n) is 18.5. The lowest BCUT2D eigenvalue weighted by Crippen LogP contribution is -2.43. The molecule has 0 aliphatic heterocycles. The Morgan fingerprint density at radius 1 is 1.03 bits per heavy atom. The molecule has 10 nitrogen and oxygen atoms in total. The molecule has 1 aromatic heterocycles. The highest BCUT2D eigenvalue weighted by atomic mass is 16.5. The Balaban J connectivity index is 2.04. The van der Waals surface area contributed by atoms with E-state index >= 15 is 0 Å². The third kappa shape index (κ3) is 5.67. The molecule has 0 bridgehead atoms. The van der Waals surface area contributed by atoms with E-state index in [2.05, 4.69) is 21.4 Å². The summed E-state index contributed by atoms with van der Waals surface area (Å²) in [4.78, 5) is 37.8. The van der Waals surface area contributed by atoms with Crippen molar-refractivity contribution in [3.05, 3.63) is 71.5 Å². The third-order valence-corrected chi connectivity index (χ3v) is 4.66. The van der Waals surface area contributed by atoms with Crippen LogP contribution in [0.25, 0.3) is 11.1 Å². The van der Waals surface area contributed by atoms with Gasteiger partial charge in [0.25, 0.3) is 11.8 Å². The fourth-order valence-electron chi connectivity index (χ4n) is 3.29. The number of ether oxygens (including phenoxy) is 1. The first kappa shape index (κ1) is 23.3. The highest BCUT2D eigenvalue weighted by molar-refractivity contribution is 6.02. The van der Waals surface area contributed by atoms with Crippen molar-refractivity contribution in [2.75, 3.05) is 12.5 Å². The van der Waals surface area contributed by atoms with Crippen molar-refractivity contribution in [1.29, 1.82) is 0 Å². The van der Waals surface area contributed by atoms with Crippen LogP contribution in [0.1, 0.15) is 40.4 Å². The van der Waals surface area contributed by atoms with Crippen molar-refractivity contribution in [2.24, 2.45) is 5.92 Å². The number of carbonyl (C=O) groups is 3. The zero-order valence-corrected chi connectivity index (χ0v) is 18.5. The zero-order chi connectivity index (χ0) is 24.0. The standard InChI is InChI=1S/C23H25N5O5/c1-14(2)12-18-19(16-10-7-11-17(13-16)33-3)20(28(26-18)27-23(31)32)22(30)25-24-21(29)15-8-5-4-6-9-15/h4-11,13-14,27H,12H2,1-3H3,(H,24,29)(H,25,30)(H,31,32). The van der Waals surface area contributed by atoms with Gasteiger partial charge in [-0.15, -0.1) is 0 Å². The first-order valence-electron chi connectivity index (χ1n) is 10.2. The highest BCUT2D eigenvalue weighted by Crippen LogP contribution is 2.31. The van der Waals surface area contributed by atoms with Gasteiger partial charge in [-0.1, -0.05) is 44.2 Å². The predicted molar refractivity (Wildman–Crippen MR) is 122 cm³/mol. The number of amides is 3. The van der Waals surface area contributed by atoms with Crippen LogP contribution < -0.4 is 21.0 Å². The Morgan fingerprint density at radius 2 is 1.73 bits per heavy atom. The molecule has 0 atom stereocenters. The van der Waals surface area contributed by atoms with E-state index in [9.17, 15) is 19.5 Å². The average molecular weight is 451 g/mol. The monoisotopic (exact) mass is 451 g/mol. The Kier molecular flexibility index (Phi) is 7.29. The summed E-state index contributed by atoms with van der Waals surface area (Å²) in [6, 6.07) is 15.4. The van der Waals surface area contributed by atoms with E-state index in [-0.39, 0.29) is 11.6 Å². The van der Waals surface area contributed by atoms with Crippen molar-refractivity contribution >= 4 is 17.9 Å². The topological polar surface area (TPSA) is 135 Å². The number of hydrogen-bond acceptors (Lipinski definition) is 5. The highest BCUT2D eigenvalue weighted by Gasteiger charge is 2.27. The molecule has 2 aromatic carbocycles. The van der Waals surface area contributed by atoms with Crippen LogP contribution in [-0.4, -0.2) is 40.0 Å². The van der Waals surface area contributed by atoms with Gasteiger partial charge < -0.3 is 9.84 Å².